The summed E-state index contributed by atoms with van der Waals surface area (Å²) in [5.41, 5.74) is 0. The molecule has 1 aliphatic heterocycles. The van der Waals surface area contributed by atoms with Crippen molar-refractivity contribution in [3.05, 3.63) is 24.3 Å². The van der Waals surface area contributed by atoms with Gasteiger partial charge in [-0.15, -0.1) is 0 Å². The van der Waals surface area contributed by atoms with Gasteiger partial charge in [0.25, 0.3) is 0 Å². The van der Waals surface area contributed by atoms with Gasteiger partial charge in [-0.2, -0.15) is 0 Å². The van der Waals surface area contributed by atoms with Crippen LogP contribution < -0.4 is 14.8 Å². The maximum atomic E-state index is 12.1. The third-order valence-corrected chi connectivity index (χ3v) is 4.27. The van der Waals surface area contributed by atoms with Gasteiger partial charge in [0, 0.05) is 13.1 Å². The number of carboxylic acid groups (broad SMARTS) is 1. The van der Waals surface area contributed by atoms with Crippen LogP contribution in [0, 0.1) is 11.8 Å². The molecule has 7 nitrogen and oxygen atoms in total. The van der Waals surface area contributed by atoms with Crippen LogP contribution in [0.1, 0.15) is 13.3 Å². The highest BCUT2D eigenvalue weighted by Gasteiger charge is 2.33. The molecular formula is C17H24N2O5. The van der Waals surface area contributed by atoms with E-state index in [-0.39, 0.29) is 18.5 Å². The normalized spacial score (nSPS) is 20.3. The average Bonchev–Trinajstić information content (AvgIpc) is 2.59. The molecule has 0 aromatic heterocycles. The monoisotopic (exact) mass is 336 g/mol. The Morgan fingerprint density at radius 3 is 2.58 bits per heavy atom. The number of methoxy groups -OCH3 is 1. The summed E-state index contributed by atoms with van der Waals surface area (Å²) in [6.07, 6.45) is 0.701. The smallest absolute Gasteiger partial charge is 0.317 e. The lowest BCUT2D eigenvalue weighted by Gasteiger charge is -2.34. The van der Waals surface area contributed by atoms with E-state index in [1.165, 1.54) is 0 Å². The predicted molar refractivity (Wildman–Crippen MR) is 88.4 cm³/mol. The second kappa shape index (κ2) is 8.42. The topological polar surface area (TPSA) is 88.1 Å². The highest BCUT2D eigenvalue weighted by molar-refractivity contribution is 5.76. The predicted octanol–water partition coefficient (Wildman–Crippen LogP) is 1.83. The van der Waals surface area contributed by atoms with Crippen LogP contribution in [-0.4, -0.2) is 55.4 Å². The van der Waals surface area contributed by atoms with Gasteiger partial charge in [0.15, 0.2) is 0 Å². The molecule has 132 valence electrons. The zero-order valence-corrected chi connectivity index (χ0v) is 14.0. The SMILES string of the molecule is COc1ccc(OCCNC(=O)N2CCC(C)C(C(=O)O)C2)cc1. The number of carboxylic acids is 1. The lowest BCUT2D eigenvalue weighted by molar-refractivity contribution is -0.145. The summed E-state index contributed by atoms with van der Waals surface area (Å²) < 4.78 is 10.6. The Hall–Kier alpha value is -2.44. The summed E-state index contributed by atoms with van der Waals surface area (Å²) in [7, 11) is 1.60. The van der Waals surface area contributed by atoms with Gasteiger partial charge in [0.05, 0.1) is 19.6 Å². The van der Waals surface area contributed by atoms with Crippen molar-refractivity contribution in [1.29, 1.82) is 0 Å². The number of carbonyl (C=O) groups excluding carboxylic acids is 1. The molecule has 1 fully saturated rings. The molecule has 0 aliphatic carbocycles. The van der Waals surface area contributed by atoms with Crippen LogP contribution in [0.4, 0.5) is 4.79 Å². The molecule has 2 atom stereocenters. The van der Waals surface area contributed by atoms with Crippen molar-refractivity contribution in [1.82, 2.24) is 10.2 Å². The van der Waals surface area contributed by atoms with E-state index < -0.39 is 11.9 Å². The van der Waals surface area contributed by atoms with Gasteiger partial charge in [0.2, 0.25) is 0 Å². The fourth-order valence-electron chi connectivity index (χ4n) is 2.69. The molecule has 1 aromatic carbocycles. The van der Waals surface area contributed by atoms with E-state index >= 15 is 0 Å². The number of carbonyl (C=O) groups is 2. The Balaban J connectivity index is 1.71. The van der Waals surface area contributed by atoms with Crippen molar-refractivity contribution < 1.29 is 24.2 Å². The number of likely N-dealkylation sites (tertiary alicyclic amines) is 1. The first-order valence-electron chi connectivity index (χ1n) is 8.03. The maximum Gasteiger partial charge on any atom is 0.317 e. The van der Waals surface area contributed by atoms with E-state index in [4.69, 9.17) is 9.47 Å². The molecule has 1 aromatic rings. The first kappa shape index (κ1) is 17.9. The number of rotatable bonds is 6. The molecule has 2 amide bonds. The average molecular weight is 336 g/mol. The first-order valence-corrected chi connectivity index (χ1v) is 8.03. The maximum absolute atomic E-state index is 12.1. The molecule has 0 radical (unpaired) electrons. The molecule has 1 heterocycles. The molecule has 2 N–H and O–H groups in total. The van der Waals surface area contributed by atoms with Crippen molar-refractivity contribution in [3.8, 4) is 11.5 Å². The number of aliphatic carboxylic acids is 1. The number of benzene rings is 1. The number of hydrogen-bond acceptors (Lipinski definition) is 4. The van der Waals surface area contributed by atoms with Crippen molar-refractivity contribution in [2.45, 2.75) is 13.3 Å². The molecule has 0 saturated carbocycles. The second-order valence-electron chi connectivity index (χ2n) is 5.91. The molecule has 0 bridgehead atoms. The van der Waals surface area contributed by atoms with E-state index in [0.29, 0.717) is 31.9 Å². The Labute approximate surface area is 141 Å². The third-order valence-electron chi connectivity index (χ3n) is 4.27. The lowest BCUT2D eigenvalue weighted by Crippen LogP contribution is -2.50. The largest absolute Gasteiger partial charge is 0.497 e. The van der Waals surface area contributed by atoms with Gasteiger partial charge < -0.3 is 24.8 Å². The van der Waals surface area contributed by atoms with Crippen LogP contribution in [0.25, 0.3) is 0 Å². The number of piperidine rings is 1. The van der Waals surface area contributed by atoms with Gasteiger partial charge in [-0.25, -0.2) is 4.79 Å². The highest BCUT2D eigenvalue weighted by atomic mass is 16.5. The number of nitrogens with zero attached hydrogens (tertiary/aromatic N) is 1. The summed E-state index contributed by atoms with van der Waals surface area (Å²) in [5, 5.41) is 12.0. The Kier molecular flexibility index (Phi) is 6.28. The third kappa shape index (κ3) is 4.78. The number of urea groups is 1. The first-order chi connectivity index (χ1) is 11.5. The van der Waals surface area contributed by atoms with Crippen LogP contribution in [0.5, 0.6) is 11.5 Å². The molecule has 1 saturated heterocycles. The zero-order valence-electron chi connectivity index (χ0n) is 14.0. The Morgan fingerprint density at radius 1 is 1.29 bits per heavy atom. The van der Waals surface area contributed by atoms with Crippen LogP contribution in [0.3, 0.4) is 0 Å². The Morgan fingerprint density at radius 2 is 1.96 bits per heavy atom. The van der Waals surface area contributed by atoms with Crippen LogP contribution in [0.15, 0.2) is 24.3 Å². The fourth-order valence-corrected chi connectivity index (χ4v) is 2.69. The van der Waals surface area contributed by atoms with Gasteiger partial charge >= 0.3 is 12.0 Å². The molecule has 1 aliphatic rings. The minimum atomic E-state index is -0.845. The quantitative estimate of drug-likeness (QED) is 0.774. The van der Waals surface area contributed by atoms with E-state index in [0.717, 1.165) is 5.75 Å². The molecule has 24 heavy (non-hydrogen) atoms. The minimum Gasteiger partial charge on any atom is -0.497 e. The van der Waals surface area contributed by atoms with Gasteiger partial charge in [0.1, 0.15) is 18.1 Å². The molecule has 2 unspecified atom stereocenters. The summed E-state index contributed by atoms with van der Waals surface area (Å²) in [4.78, 5) is 24.9. The van der Waals surface area contributed by atoms with Crippen molar-refractivity contribution in [3.63, 3.8) is 0 Å². The summed E-state index contributed by atoms with van der Waals surface area (Å²) in [5.74, 6) is 0.193. The number of hydrogen-bond donors (Lipinski definition) is 2. The molecular weight excluding hydrogens is 312 g/mol. The second-order valence-corrected chi connectivity index (χ2v) is 5.91. The van der Waals surface area contributed by atoms with Gasteiger partial charge in [-0.3, -0.25) is 4.79 Å². The lowest BCUT2D eigenvalue weighted by atomic mass is 9.87. The van der Waals surface area contributed by atoms with Crippen LogP contribution in [0.2, 0.25) is 0 Å². The van der Waals surface area contributed by atoms with Crippen molar-refractivity contribution >= 4 is 12.0 Å². The summed E-state index contributed by atoms with van der Waals surface area (Å²) in [6, 6.07) is 6.95. The van der Waals surface area contributed by atoms with Gasteiger partial charge in [-0.1, -0.05) is 6.92 Å². The fraction of sp³-hybridized carbons (Fsp3) is 0.529. The summed E-state index contributed by atoms with van der Waals surface area (Å²) >= 11 is 0. The number of ether oxygens (including phenoxy) is 2. The van der Waals surface area contributed by atoms with Gasteiger partial charge in [-0.05, 0) is 36.6 Å². The Bertz CT molecular complexity index is 561. The molecule has 2 rings (SSSR count). The van der Waals surface area contributed by atoms with Crippen molar-refractivity contribution in [2.24, 2.45) is 11.8 Å². The molecule has 0 spiro atoms. The number of nitrogens with one attached hydrogen (secondary N) is 1. The summed E-state index contributed by atoms with van der Waals surface area (Å²) in [6.45, 7) is 3.44. The van der Waals surface area contributed by atoms with E-state index in [1.807, 2.05) is 6.92 Å². The van der Waals surface area contributed by atoms with Crippen LogP contribution >= 0.6 is 0 Å². The van der Waals surface area contributed by atoms with Crippen LogP contribution in [-0.2, 0) is 4.79 Å². The van der Waals surface area contributed by atoms with E-state index in [2.05, 4.69) is 5.32 Å². The van der Waals surface area contributed by atoms with E-state index in [1.54, 1.807) is 36.3 Å². The molecule has 7 heteroatoms. The highest BCUT2D eigenvalue weighted by Crippen LogP contribution is 2.23. The minimum absolute atomic E-state index is 0.0879. The van der Waals surface area contributed by atoms with E-state index in [9.17, 15) is 14.7 Å². The number of amides is 2. The van der Waals surface area contributed by atoms with Crippen molar-refractivity contribution in [2.75, 3.05) is 33.4 Å². The standard InChI is InChI=1S/C17H24N2O5/c1-12-7-9-19(11-15(12)16(20)21)17(22)18-8-10-24-14-5-3-13(23-2)4-6-14/h3-6,12,15H,7-11H2,1-2H3,(H,18,22)(H,20,21). The zero-order chi connectivity index (χ0) is 17.5.